The van der Waals surface area contributed by atoms with E-state index in [2.05, 4.69) is 15.5 Å². The molecule has 1 atom stereocenters. The summed E-state index contributed by atoms with van der Waals surface area (Å²) in [6, 6.07) is 7.67. The summed E-state index contributed by atoms with van der Waals surface area (Å²) in [5, 5.41) is 11.9. The predicted molar refractivity (Wildman–Crippen MR) is 86.0 cm³/mol. The molecule has 2 heterocycles. The molecule has 1 N–H and O–H groups in total. The molecule has 0 unspecified atom stereocenters. The van der Waals surface area contributed by atoms with Gasteiger partial charge in [-0.25, -0.2) is 0 Å². The number of rotatable bonds is 6. The van der Waals surface area contributed by atoms with Gasteiger partial charge >= 0.3 is 5.97 Å². The summed E-state index contributed by atoms with van der Waals surface area (Å²) >= 11 is 2.81. The monoisotopic (exact) mass is 337 g/mol. The molecule has 1 saturated heterocycles. The topological polar surface area (TPSA) is 73.3 Å². The molecule has 6 nitrogen and oxygen atoms in total. The van der Waals surface area contributed by atoms with Crippen LogP contribution >= 0.6 is 23.1 Å². The Kier molecular flexibility index (Phi) is 4.79. The lowest BCUT2D eigenvalue weighted by molar-refractivity contribution is -0.137. The normalized spacial score (nSPS) is 17.3. The minimum absolute atomic E-state index is 0.170. The lowest BCUT2D eigenvalue weighted by atomic mass is 10.3. The highest BCUT2D eigenvalue weighted by molar-refractivity contribution is 8.02. The van der Waals surface area contributed by atoms with Gasteiger partial charge in [-0.2, -0.15) is 0 Å². The second-order valence-electron chi connectivity index (χ2n) is 4.49. The molecule has 1 aliphatic rings. The number of para-hydroxylation sites is 2. The van der Waals surface area contributed by atoms with Gasteiger partial charge in [-0.3, -0.25) is 4.79 Å². The molecule has 8 heteroatoms. The van der Waals surface area contributed by atoms with E-state index in [-0.39, 0.29) is 11.2 Å². The number of esters is 1. The Labute approximate surface area is 136 Å². The van der Waals surface area contributed by atoms with E-state index in [0.29, 0.717) is 18.3 Å². The maximum atomic E-state index is 11.5. The molecule has 0 aliphatic carbocycles. The van der Waals surface area contributed by atoms with Gasteiger partial charge in [-0.05, 0) is 19.1 Å². The summed E-state index contributed by atoms with van der Waals surface area (Å²) in [5.41, 5.74) is 0.845. The van der Waals surface area contributed by atoms with Crippen LogP contribution in [0.25, 0.3) is 0 Å². The quantitative estimate of drug-likeness (QED) is 0.812. The lowest BCUT2D eigenvalue weighted by Gasteiger charge is -2.09. The van der Waals surface area contributed by atoms with Crippen LogP contribution < -0.4 is 10.1 Å². The Morgan fingerprint density at radius 2 is 2.32 bits per heavy atom. The van der Waals surface area contributed by atoms with Crippen LogP contribution in [0.5, 0.6) is 5.75 Å². The summed E-state index contributed by atoms with van der Waals surface area (Å²) < 4.78 is 11.3. The summed E-state index contributed by atoms with van der Waals surface area (Å²) in [6.07, 6.45) is 0.721. The number of hydrogen-bond donors (Lipinski definition) is 1. The first kappa shape index (κ1) is 15.1. The first-order valence-electron chi connectivity index (χ1n) is 6.92. The average Bonchev–Trinajstić information content (AvgIpc) is 3.12. The van der Waals surface area contributed by atoms with Crippen molar-refractivity contribution in [2.24, 2.45) is 0 Å². The van der Waals surface area contributed by atoms with E-state index in [1.807, 2.05) is 31.2 Å². The number of ether oxygens (including phenoxy) is 2. The third-order valence-electron chi connectivity index (χ3n) is 2.97. The summed E-state index contributed by atoms with van der Waals surface area (Å²) in [7, 11) is 0. The highest BCUT2D eigenvalue weighted by Gasteiger charge is 2.28. The number of benzene rings is 1. The first-order valence-corrected chi connectivity index (χ1v) is 8.61. The number of hydrogen-bond acceptors (Lipinski definition) is 8. The molecule has 116 valence electrons. The van der Waals surface area contributed by atoms with Gasteiger partial charge in [0.05, 0.1) is 18.9 Å². The van der Waals surface area contributed by atoms with Crippen LogP contribution in [-0.4, -0.2) is 34.6 Å². The molecular formula is C14H15N3O3S2. The van der Waals surface area contributed by atoms with Crippen molar-refractivity contribution >= 4 is 39.9 Å². The Morgan fingerprint density at radius 3 is 3.09 bits per heavy atom. The Balaban J connectivity index is 1.68. The fraction of sp³-hybridized carbons (Fsp3) is 0.357. The average molecular weight is 337 g/mol. The zero-order valence-corrected chi connectivity index (χ0v) is 13.6. The summed E-state index contributed by atoms with van der Waals surface area (Å²) in [4.78, 5) is 11.5. The maximum Gasteiger partial charge on any atom is 0.319 e. The van der Waals surface area contributed by atoms with Gasteiger partial charge in [0.1, 0.15) is 11.0 Å². The van der Waals surface area contributed by atoms with Crippen LogP contribution in [0.15, 0.2) is 28.6 Å². The van der Waals surface area contributed by atoms with Crippen LogP contribution in [0.2, 0.25) is 0 Å². The van der Waals surface area contributed by atoms with Crippen molar-refractivity contribution in [3.63, 3.8) is 0 Å². The van der Waals surface area contributed by atoms with Crippen LogP contribution in [0.4, 0.5) is 10.8 Å². The van der Waals surface area contributed by atoms with E-state index in [0.717, 1.165) is 22.2 Å². The molecule has 1 fully saturated rings. The van der Waals surface area contributed by atoms with Crippen molar-refractivity contribution in [1.82, 2.24) is 10.2 Å². The van der Waals surface area contributed by atoms with Crippen LogP contribution in [0.3, 0.4) is 0 Å². The predicted octanol–water partition coefficient (Wildman–Crippen LogP) is 3.09. The van der Waals surface area contributed by atoms with Crippen molar-refractivity contribution in [2.75, 3.05) is 18.5 Å². The number of nitrogens with one attached hydrogen (secondary N) is 1. The van der Waals surface area contributed by atoms with Crippen molar-refractivity contribution < 1.29 is 14.3 Å². The smallest absolute Gasteiger partial charge is 0.319 e. The van der Waals surface area contributed by atoms with E-state index in [4.69, 9.17) is 9.47 Å². The number of thioether (sulfide) groups is 1. The third kappa shape index (κ3) is 3.50. The highest BCUT2D eigenvalue weighted by atomic mass is 32.2. The second-order valence-corrected chi connectivity index (χ2v) is 6.92. The second kappa shape index (κ2) is 6.97. The maximum absolute atomic E-state index is 11.5. The standard InChI is InChI=1S/C14H15N3O3S2/c1-2-19-10-6-4-3-5-9(10)15-13-16-17-14(22-13)21-11-7-8-20-12(11)18/h3-6,11H,2,7-8H2,1H3,(H,15,16)/t11-/m0/s1. The highest BCUT2D eigenvalue weighted by Crippen LogP contribution is 2.35. The summed E-state index contributed by atoms with van der Waals surface area (Å²) in [6.45, 7) is 3.03. The molecule has 0 amide bonds. The van der Waals surface area contributed by atoms with Gasteiger partial charge in [0.25, 0.3) is 0 Å². The number of nitrogens with zero attached hydrogens (tertiary/aromatic N) is 2. The number of carbonyl (C=O) groups is 1. The Bertz CT molecular complexity index is 662. The van der Waals surface area contributed by atoms with Crippen LogP contribution in [-0.2, 0) is 9.53 Å². The van der Waals surface area contributed by atoms with Crippen molar-refractivity contribution in [2.45, 2.75) is 22.9 Å². The molecule has 1 aromatic carbocycles. The van der Waals surface area contributed by atoms with Crippen molar-refractivity contribution in [3.05, 3.63) is 24.3 Å². The zero-order valence-electron chi connectivity index (χ0n) is 11.9. The fourth-order valence-corrected chi connectivity index (χ4v) is 3.96. The fourth-order valence-electron chi connectivity index (χ4n) is 1.98. The third-order valence-corrected chi connectivity index (χ3v) is 5.13. The molecule has 1 aliphatic heterocycles. The minimum Gasteiger partial charge on any atom is -0.492 e. The minimum atomic E-state index is -0.170. The largest absolute Gasteiger partial charge is 0.492 e. The first-order chi connectivity index (χ1) is 10.8. The molecule has 1 aromatic heterocycles. The van der Waals surface area contributed by atoms with Crippen LogP contribution in [0, 0.1) is 0 Å². The number of carbonyl (C=O) groups excluding carboxylic acids is 1. The Hall–Kier alpha value is -1.80. The van der Waals surface area contributed by atoms with Crippen LogP contribution in [0.1, 0.15) is 13.3 Å². The number of cyclic esters (lactones) is 1. The molecule has 0 spiro atoms. The van der Waals surface area contributed by atoms with Gasteiger partial charge in [-0.1, -0.05) is 35.2 Å². The van der Waals surface area contributed by atoms with Gasteiger partial charge < -0.3 is 14.8 Å². The molecule has 22 heavy (non-hydrogen) atoms. The molecular weight excluding hydrogens is 322 g/mol. The molecule has 2 aromatic rings. The molecule has 0 radical (unpaired) electrons. The van der Waals surface area contributed by atoms with Gasteiger partial charge in [-0.15, -0.1) is 10.2 Å². The van der Waals surface area contributed by atoms with Gasteiger partial charge in [0, 0.05) is 6.42 Å². The number of anilines is 2. The van der Waals surface area contributed by atoms with Gasteiger partial charge in [0.15, 0.2) is 4.34 Å². The molecule has 0 bridgehead atoms. The van der Waals surface area contributed by atoms with Crippen molar-refractivity contribution in [1.29, 1.82) is 0 Å². The van der Waals surface area contributed by atoms with E-state index in [9.17, 15) is 4.79 Å². The SMILES string of the molecule is CCOc1ccccc1Nc1nnc(S[C@H]2CCOC2=O)s1. The van der Waals surface area contributed by atoms with E-state index < -0.39 is 0 Å². The lowest BCUT2D eigenvalue weighted by Crippen LogP contribution is -2.08. The van der Waals surface area contributed by atoms with E-state index in [1.165, 1.54) is 23.1 Å². The molecule has 3 rings (SSSR count). The van der Waals surface area contributed by atoms with Crippen molar-refractivity contribution in [3.8, 4) is 5.75 Å². The van der Waals surface area contributed by atoms with E-state index >= 15 is 0 Å². The summed E-state index contributed by atoms with van der Waals surface area (Å²) in [5.74, 6) is 0.602. The number of aromatic nitrogens is 2. The Morgan fingerprint density at radius 1 is 1.45 bits per heavy atom. The van der Waals surface area contributed by atoms with Gasteiger partial charge in [0.2, 0.25) is 5.13 Å². The molecule has 0 saturated carbocycles. The zero-order chi connectivity index (χ0) is 15.4. The van der Waals surface area contributed by atoms with E-state index in [1.54, 1.807) is 0 Å².